The van der Waals surface area contributed by atoms with E-state index in [9.17, 15) is 0 Å². The summed E-state index contributed by atoms with van der Waals surface area (Å²) < 4.78 is 2.35. The maximum Gasteiger partial charge on any atom is 0.0647 e. The Bertz CT molecular complexity index is 1570. The number of allylic oxidation sites excluding steroid dienone is 3. The summed E-state index contributed by atoms with van der Waals surface area (Å²) in [4.78, 5) is 4.71. The van der Waals surface area contributed by atoms with Crippen molar-refractivity contribution in [3.63, 3.8) is 0 Å². The third-order valence-electron chi connectivity index (χ3n) is 6.39. The summed E-state index contributed by atoms with van der Waals surface area (Å²) in [5.74, 6) is 0. The Morgan fingerprint density at radius 3 is 2.17 bits per heavy atom. The van der Waals surface area contributed by atoms with Crippen LogP contribution in [0.25, 0.3) is 10.1 Å². The molecule has 5 aromatic rings. The average molecular weight is 550 g/mol. The van der Waals surface area contributed by atoms with Crippen LogP contribution in [-0.2, 0) is 0 Å². The van der Waals surface area contributed by atoms with Gasteiger partial charge in [-0.05, 0) is 83.4 Å². The third kappa shape index (κ3) is 4.39. The lowest BCUT2D eigenvalue weighted by Crippen LogP contribution is -2.17. The number of benzene rings is 4. The third-order valence-corrected chi connectivity index (χ3v) is 8.01. The summed E-state index contributed by atoms with van der Waals surface area (Å²) in [5.41, 5.74) is 6.90. The Hall–Kier alpha value is -3.60. The summed E-state index contributed by atoms with van der Waals surface area (Å²) >= 11 is 5.59. The highest BCUT2D eigenvalue weighted by Crippen LogP contribution is 2.44. The van der Waals surface area contributed by atoms with Crippen LogP contribution in [0.1, 0.15) is 12.8 Å². The molecule has 4 heteroatoms. The monoisotopic (exact) mass is 548 g/mol. The van der Waals surface area contributed by atoms with Crippen LogP contribution in [0.4, 0.5) is 28.4 Å². The number of halogens is 1. The minimum Gasteiger partial charge on any atom is -0.309 e. The Balaban J connectivity index is 1.53. The summed E-state index contributed by atoms with van der Waals surface area (Å²) in [6, 6.07) is 36.4. The van der Waals surface area contributed by atoms with Gasteiger partial charge in [-0.3, -0.25) is 0 Å². The molecule has 0 saturated heterocycles. The van der Waals surface area contributed by atoms with Gasteiger partial charge in [0.2, 0.25) is 0 Å². The number of nitrogens with zero attached hydrogens (tertiary/aromatic N) is 2. The molecule has 1 aliphatic carbocycles. The van der Waals surface area contributed by atoms with Crippen LogP contribution in [0.15, 0.2) is 137 Å². The number of para-hydroxylation sites is 2. The molecule has 6 rings (SSSR count). The van der Waals surface area contributed by atoms with E-state index in [1.54, 1.807) is 11.3 Å². The van der Waals surface area contributed by atoms with E-state index in [-0.39, 0.29) is 0 Å². The predicted octanol–water partition coefficient (Wildman–Crippen LogP) is 10.5. The lowest BCUT2D eigenvalue weighted by molar-refractivity contribution is 0.998. The number of thiophene rings is 1. The van der Waals surface area contributed by atoms with Crippen LogP contribution in [-0.4, -0.2) is 0 Å². The largest absolute Gasteiger partial charge is 0.309 e. The van der Waals surface area contributed by atoms with Gasteiger partial charge < -0.3 is 9.80 Å². The van der Waals surface area contributed by atoms with Gasteiger partial charge in [-0.25, -0.2) is 0 Å². The number of anilines is 5. The molecule has 0 bridgehead atoms. The molecule has 0 aliphatic heterocycles. The van der Waals surface area contributed by atoms with E-state index >= 15 is 0 Å². The molecule has 0 spiro atoms. The molecule has 0 saturated carbocycles. The normalized spacial score (nSPS) is 13.0. The smallest absolute Gasteiger partial charge is 0.0647 e. The quantitative estimate of drug-likeness (QED) is 0.208. The molecule has 176 valence electrons. The molecule has 4 aromatic carbocycles. The first-order valence-electron chi connectivity index (χ1n) is 12.1. The molecule has 36 heavy (non-hydrogen) atoms. The molecule has 1 aliphatic rings. The lowest BCUT2D eigenvalue weighted by atomic mass is 10.1. The van der Waals surface area contributed by atoms with Crippen molar-refractivity contribution in [2.45, 2.75) is 12.8 Å². The van der Waals surface area contributed by atoms with Crippen LogP contribution in [0.5, 0.6) is 0 Å². The summed E-state index contributed by atoms with van der Waals surface area (Å²) in [7, 11) is 0. The highest BCUT2D eigenvalue weighted by Gasteiger charge is 2.21. The highest BCUT2D eigenvalue weighted by molar-refractivity contribution is 9.10. The van der Waals surface area contributed by atoms with Crippen molar-refractivity contribution in [2.75, 3.05) is 9.80 Å². The second-order valence-corrected chi connectivity index (χ2v) is 10.5. The van der Waals surface area contributed by atoms with Gasteiger partial charge in [-0.2, -0.15) is 0 Å². The van der Waals surface area contributed by atoms with E-state index in [2.05, 4.69) is 152 Å². The standard InChI is InChI=1S/C32H25BrN2S/c33-29-19-8-9-20-30(29)34(24-12-3-1-4-13-24)26-16-11-17-27(22-26)35(25-14-5-2-6-15-25)31-23-36-32-21-10-7-18-28(31)32/h1,3-5,7-23H,2,6H2. The minimum atomic E-state index is 1.05. The maximum absolute atomic E-state index is 3.79. The molecule has 0 N–H and O–H groups in total. The highest BCUT2D eigenvalue weighted by atomic mass is 79.9. The van der Waals surface area contributed by atoms with E-state index in [0.717, 1.165) is 40.1 Å². The second-order valence-electron chi connectivity index (χ2n) is 8.70. The number of rotatable bonds is 6. The maximum atomic E-state index is 3.79. The Kier molecular flexibility index (Phi) is 6.46. The zero-order chi connectivity index (χ0) is 24.3. The van der Waals surface area contributed by atoms with E-state index in [1.807, 2.05) is 0 Å². The molecule has 0 radical (unpaired) electrons. The Morgan fingerprint density at radius 2 is 1.36 bits per heavy atom. The number of hydrogen-bond donors (Lipinski definition) is 0. The van der Waals surface area contributed by atoms with Gasteiger partial charge in [0.25, 0.3) is 0 Å². The Labute approximate surface area is 224 Å². The number of hydrogen-bond acceptors (Lipinski definition) is 3. The fourth-order valence-corrected chi connectivity index (χ4v) is 6.13. The van der Waals surface area contributed by atoms with Crippen molar-refractivity contribution in [1.29, 1.82) is 0 Å². The molecule has 0 fully saturated rings. The van der Waals surface area contributed by atoms with Gasteiger partial charge in [0.1, 0.15) is 0 Å². The van der Waals surface area contributed by atoms with Gasteiger partial charge in [-0.15, -0.1) is 11.3 Å². The fourth-order valence-electron chi connectivity index (χ4n) is 4.74. The molecular weight excluding hydrogens is 524 g/mol. The average Bonchev–Trinajstić information content (AvgIpc) is 3.35. The first kappa shape index (κ1) is 22.8. The van der Waals surface area contributed by atoms with Crippen LogP contribution in [0, 0.1) is 0 Å². The van der Waals surface area contributed by atoms with E-state index in [4.69, 9.17) is 0 Å². The zero-order valence-electron chi connectivity index (χ0n) is 19.7. The molecular formula is C32H25BrN2S. The van der Waals surface area contributed by atoms with Crippen LogP contribution in [0.2, 0.25) is 0 Å². The van der Waals surface area contributed by atoms with Gasteiger partial charge in [0.15, 0.2) is 0 Å². The summed E-state index contributed by atoms with van der Waals surface area (Å²) in [5, 5.41) is 3.56. The minimum absolute atomic E-state index is 1.05. The van der Waals surface area contributed by atoms with Crippen LogP contribution >= 0.6 is 27.3 Å². The van der Waals surface area contributed by atoms with Crippen molar-refractivity contribution in [1.82, 2.24) is 0 Å². The first-order valence-corrected chi connectivity index (χ1v) is 13.8. The molecule has 1 aromatic heterocycles. The van der Waals surface area contributed by atoms with Gasteiger partial charge in [0, 0.05) is 42.7 Å². The SMILES string of the molecule is Brc1ccccc1N(c1ccccc1)c1cccc(N(C2=CCCC=C2)c2csc3ccccc23)c1. The van der Waals surface area contributed by atoms with Crippen molar-refractivity contribution in [3.05, 3.63) is 137 Å². The Morgan fingerprint density at radius 1 is 0.639 bits per heavy atom. The van der Waals surface area contributed by atoms with Gasteiger partial charge in [0.05, 0.1) is 11.4 Å². The molecule has 2 nitrogen and oxygen atoms in total. The van der Waals surface area contributed by atoms with Crippen molar-refractivity contribution < 1.29 is 0 Å². The van der Waals surface area contributed by atoms with Crippen molar-refractivity contribution >= 4 is 65.8 Å². The van der Waals surface area contributed by atoms with Crippen molar-refractivity contribution in [3.8, 4) is 0 Å². The molecule has 0 amide bonds. The molecule has 1 heterocycles. The van der Waals surface area contributed by atoms with Crippen LogP contribution in [0.3, 0.4) is 0 Å². The first-order chi connectivity index (χ1) is 17.8. The van der Waals surface area contributed by atoms with Gasteiger partial charge >= 0.3 is 0 Å². The number of fused-ring (bicyclic) bond motifs is 1. The molecule has 0 atom stereocenters. The van der Waals surface area contributed by atoms with E-state index < -0.39 is 0 Å². The topological polar surface area (TPSA) is 6.48 Å². The fraction of sp³-hybridized carbons (Fsp3) is 0.0625. The second kappa shape index (κ2) is 10.2. The van der Waals surface area contributed by atoms with E-state index in [0.29, 0.717) is 0 Å². The molecule has 0 unspecified atom stereocenters. The summed E-state index contributed by atoms with van der Waals surface area (Å²) in [6.45, 7) is 0. The van der Waals surface area contributed by atoms with Crippen LogP contribution < -0.4 is 9.80 Å². The summed E-state index contributed by atoms with van der Waals surface area (Å²) in [6.07, 6.45) is 9.02. The van der Waals surface area contributed by atoms with E-state index in [1.165, 1.54) is 21.5 Å². The zero-order valence-corrected chi connectivity index (χ0v) is 22.1. The lowest BCUT2D eigenvalue weighted by Gasteiger charge is -2.30. The van der Waals surface area contributed by atoms with Crippen molar-refractivity contribution in [2.24, 2.45) is 0 Å². The van der Waals surface area contributed by atoms with Gasteiger partial charge in [-0.1, -0.05) is 66.7 Å². The predicted molar refractivity (Wildman–Crippen MR) is 159 cm³/mol.